The molecule has 0 spiro atoms. The van der Waals surface area contributed by atoms with E-state index in [2.05, 4.69) is 15.1 Å². The van der Waals surface area contributed by atoms with Crippen LogP contribution < -0.4 is 15.1 Å². The number of carbonyl (C=O) groups excluding carboxylic acids is 2. The van der Waals surface area contributed by atoms with Crippen LogP contribution in [0.2, 0.25) is 0 Å². The fraction of sp³-hybridized carbons (Fsp3) is 0.455. The van der Waals surface area contributed by atoms with Gasteiger partial charge in [-0.1, -0.05) is 0 Å². The highest BCUT2D eigenvalue weighted by Crippen LogP contribution is 2.34. The van der Waals surface area contributed by atoms with Crippen LogP contribution in [0, 0.1) is 18.3 Å². The predicted octanol–water partition coefficient (Wildman–Crippen LogP) is 2.82. The van der Waals surface area contributed by atoms with E-state index < -0.39 is 18.0 Å². The number of piperidine rings is 1. The number of amides is 2. The van der Waals surface area contributed by atoms with E-state index in [1.54, 1.807) is 30.9 Å². The van der Waals surface area contributed by atoms with Crippen molar-refractivity contribution in [1.29, 1.82) is 0 Å². The zero-order chi connectivity index (χ0) is 22.7. The van der Waals surface area contributed by atoms with E-state index in [0.717, 1.165) is 12.8 Å². The first-order valence-corrected chi connectivity index (χ1v) is 10.6. The van der Waals surface area contributed by atoms with Gasteiger partial charge in [-0.25, -0.2) is 20.7 Å². The first kappa shape index (κ1) is 21.6. The highest BCUT2D eigenvalue weighted by atomic mass is 19.1. The topological polar surface area (TPSA) is 84.1 Å². The molecule has 168 valence electrons. The van der Waals surface area contributed by atoms with Gasteiger partial charge >= 0.3 is 12.3 Å². The number of carbonyl (C=O) groups is 2. The van der Waals surface area contributed by atoms with Crippen molar-refractivity contribution < 1.29 is 18.7 Å². The maximum atomic E-state index is 15.0. The molecular weight excluding hydrogens is 415 g/mol. The molecule has 0 bridgehead atoms. The summed E-state index contributed by atoms with van der Waals surface area (Å²) < 4.78 is 22.1. The van der Waals surface area contributed by atoms with E-state index in [4.69, 9.17) is 11.3 Å². The molecule has 2 aromatic rings. The molecule has 3 heterocycles. The Morgan fingerprint density at radius 2 is 2.19 bits per heavy atom. The zero-order valence-electron chi connectivity index (χ0n) is 17.8. The standard InChI is InChI=1S/C22H25FN6O3/c1-15(30)26-12-18-13-29(22(31)32-18)17-3-4-20(19(23)11-17)27-8-5-16(6-9-27)21(24-2)28-10-7-25-14-28/h3-4,7,10-11,14,16,18,21H,5-6,8-9,12-13H2,1H3,(H,26,30)/t18-,21?/m0/s1. The van der Waals surface area contributed by atoms with E-state index in [-0.39, 0.29) is 31.1 Å². The molecule has 2 atom stereocenters. The number of nitrogens with zero attached hydrogens (tertiary/aromatic N) is 5. The molecule has 4 rings (SSSR count). The second-order valence-corrected chi connectivity index (χ2v) is 8.07. The van der Waals surface area contributed by atoms with Crippen molar-refractivity contribution in [2.24, 2.45) is 5.92 Å². The molecule has 9 nitrogen and oxygen atoms in total. The minimum Gasteiger partial charge on any atom is -0.442 e. The van der Waals surface area contributed by atoms with E-state index in [9.17, 15) is 14.0 Å². The minimum atomic E-state index is -0.557. The second kappa shape index (κ2) is 9.26. The van der Waals surface area contributed by atoms with Gasteiger partial charge < -0.3 is 15.0 Å². The van der Waals surface area contributed by atoms with Gasteiger partial charge in [0.05, 0.1) is 30.4 Å². The average molecular weight is 440 g/mol. The van der Waals surface area contributed by atoms with Gasteiger partial charge in [0.2, 0.25) is 5.91 Å². The summed E-state index contributed by atoms with van der Waals surface area (Å²) >= 11 is 0. The number of hydrogen-bond donors (Lipinski definition) is 1. The summed E-state index contributed by atoms with van der Waals surface area (Å²) in [5, 5.41) is 2.62. The van der Waals surface area contributed by atoms with Crippen molar-refractivity contribution in [3.63, 3.8) is 0 Å². The molecule has 0 radical (unpaired) electrons. The smallest absolute Gasteiger partial charge is 0.414 e. The number of nitrogens with one attached hydrogen (secondary N) is 1. The Kier molecular flexibility index (Phi) is 6.25. The third kappa shape index (κ3) is 4.51. The van der Waals surface area contributed by atoms with Crippen molar-refractivity contribution in [2.45, 2.75) is 32.0 Å². The SMILES string of the molecule is [C-]#[N+]C(C1CCN(c2ccc(N3C[C@H](CNC(C)=O)OC3=O)cc2F)CC1)n1ccnc1. The van der Waals surface area contributed by atoms with Crippen LogP contribution >= 0.6 is 0 Å². The lowest BCUT2D eigenvalue weighted by Gasteiger charge is -2.34. The summed E-state index contributed by atoms with van der Waals surface area (Å²) in [6.07, 6.45) is 5.36. The number of benzene rings is 1. The second-order valence-electron chi connectivity index (χ2n) is 8.07. The maximum absolute atomic E-state index is 15.0. The van der Waals surface area contributed by atoms with E-state index >= 15 is 0 Å². The first-order valence-electron chi connectivity index (χ1n) is 10.6. The zero-order valence-corrected chi connectivity index (χ0v) is 17.8. The first-order chi connectivity index (χ1) is 15.5. The van der Waals surface area contributed by atoms with Crippen molar-refractivity contribution in [2.75, 3.05) is 36.0 Å². The number of imidazole rings is 1. The molecule has 1 N–H and O–H groups in total. The monoisotopic (exact) mass is 440 g/mol. The van der Waals surface area contributed by atoms with Gasteiger partial charge in [-0.2, -0.15) is 0 Å². The lowest BCUT2D eigenvalue weighted by atomic mass is 9.93. The molecule has 2 aliphatic rings. The average Bonchev–Trinajstić information content (AvgIpc) is 3.43. The number of aromatic nitrogens is 2. The number of halogens is 1. The Labute approximate surface area is 185 Å². The van der Waals surface area contributed by atoms with Gasteiger partial charge in [-0.3, -0.25) is 19.1 Å². The van der Waals surface area contributed by atoms with Crippen LogP contribution in [0.25, 0.3) is 4.85 Å². The molecule has 1 unspecified atom stereocenters. The number of cyclic esters (lactones) is 1. The maximum Gasteiger partial charge on any atom is 0.414 e. The fourth-order valence-corrected chi connectivity index (χ4v) is 4.30. The lowest BCUT2D eigenvalue weighted by molar-refractivity contribution is -0.119. The number of anilines is 2. The molecular formula is C22H25FN6O3. The fourth-order valence-electron chi connectivity index (χ4n) is 4.30. The Bertz CT molecular complexity index is 1010. The third-order valence-corrected chi connectivity index (χ3v) is 5.96. The van der Waals surface area contributed by atoms with Crippen molar-refractivity contribution >= 4 is 23.4 Å². The summed E-state index contributed by atoms with van der Waals surface area (Å²) in [5.74, 6) is -0.429. The molecule has 0 aliphatic carbocycles. The highest BCUT2D eigenvalue weighted by Gasteiger charge is 2.34. The van der Waals surface area contributed by atoms with Crippen molar-refractivity contribution in [1.82, 2.24) is 14.9 Å². The largest absolute Gasteiger partial charge is 0.442 e. The normalized spacial score (nSPS) is 20.0. The van der Waals surface area contributed by atoms with Gasteiger partial charge in [0.15, 0.2) is 0 Å². The van der Waals surface area contributed by atoms with Crippen LogP contribution in [0.15, 0.2) is 36.9 Å². The Morgan fingerprint density at radius 3 is 2.81 bits per heavy atom. The van der Waals surface area contributed by atoms with Gasteiger partial charge in [-0.05, 0) is 31.0 Å². The molecule has 0 saturated carbocycles. The summed E-state index contributed by atoms with van der Waals surface area (Å²) in [6.45, 7) is 10.7. The predicted molar refractivity (Wildman–Crippen MR) is 116 cm³/mol. The molecule has 32 heavy (non-hydrogen) atoms. The minimum absolute atomic E-state index is 0.181. The van der Waals surface area contributed by atoms with E-state index in [1.165, 1.54) is 17.9 Å². The molecule has 2 amide bonds. The number of ether oxygens (including phenoxy) is 1. The van der Waals surface area contributed by atoms with Crippen LogP contribution in [-0.2, 0) is 9.53 Å². The van der Waals surface area contributed by atoms with Crippen LogP contribution in [0.4, 0.5) is 20.6 Å². The van der Waals surface area contributed by atoms with Crippen LogP contribution in [0.5, 0.6) is 0 Å². The summed E-state index contributed by atoms with van der Waals surface area (Å²) in [6, 6.07) is 4.73. The highest BCUT2D eigenvalue weighted by molar-refractivity contribution is 5.90. The van der Waals surface area contributed by atoms with Crippen LogP contribution in [-0.4, -0.2) is 53.8 Å². The third-order valence-electron chi connectivity index (χ3n) is 5.96. The molecule has 1 aromatic carbocycles. The lowest BCUT2D eigenvalue weighted by Crippen LogP contribution is -2.36. The molecule has 1 aromatic heterocycles. The van der Waals surface area contributed by atoms with Crippen LogP contribution in [0.1, 0.15) is 25.9 Å². The number of hydrogen-bond acceptors (Lipinski definition) is 5. The Balaban J connectivity index is 1.39. The van der Waals surface area contributed by atoms with E-state index in [0.29, 0.717) is 24.5 Å². The van der Waals surface area contributed by atoms with E-state index in [1.807, 2.05) is 9.47 Å². The van der Waals surface area contributed by atoms with Gasteiger partial charge in [0.25, 0.3) is 0 Å². The van der Waals surface area contributed by atoms with Crippen molar-refractivity contribution in [3.8, 4) is 0 Å². The molecule has 10 heteroatoms. The molecule has 2 saturated heterocycles. The van der Waals surface area contributed by atoms with Gasteiger partial charge in [0, 0.05) is 32.4 Å². The Morgan fingerprint density at radius 1 is 1.41 bits per heavy atom. The summed E-state index contributed by atoms with van der Waals surface area (Å²) in [5.41, 5.74) is 0.904. The van der Waals surface area contributed by atoms with Gasteiger partial charge in [0.1, 0.15) is 18.2 Å². The van der Waals surface area contributed by atoms with Crippen LogP contribution in [0.3, 0.4) is 0 Å². The Hall–Kier alpha value is -3.61. The molecule has 2 aliphatic heterocycles. The number of rotatable bonds is 6. The van der Waals surface area contributed by atoms with Crippen molar-refractivity contribution in [3.05, 3.63) is 54.2 Å². The summed E-state index contributed by atoms with van der Waals surface area (Å²) in [7, 11) is 0. The summed E-state index contributed by atoms with van der Waals surface area (Å²) in [4.78, 5) is 34.4. The quantitative estimate of drug-likeness (QED) is 0.699. The molecule has 2 fully saturated rings. The van der Waals surface area contributed by atoms with Gasteiger partial charge in [-0.15, -0.1) is 0 Å².